The minimum absolute atomic E-state index is 0.266. The number of hydrogen-bond donors (Lipinski definition) is 0. The van der Waals surface area contributed by atoms with Gasteiger partial charge in [-0.3, -0.25) is 0 Å². The molecule has 1 aliphatic rings. The predicted molar refractivity (Wildman–Crippen MR) is 80.8 cm³/mol. The van der Waals surface area contributed by atoms with Crippen LogP contribution in [-0.2, 0) is 10.0 Å². The number of ether oxygens (including phenoxy) is 1. The lowest BCUT2D eigenvalue weighted by atomic mass is 10.3. The molecule has 0 amide bonds. The van der Waals surface area contributed by atoms with Crippen LogP contribution < -0.4 is 4.74 Å². The Bertz CT molecular complexity index is 695. The highest BCUT2D eigenvalue weighted by atomic mass is 32.2. The molecule has 112 valence electrons. The van der Waals surface area contributed by atoms with Crippen LogP contribution in [0, 0.1) is 0 Å². The fourth-order valence-electron chi connectivity index (χ4n) is 2.24. The summed E-state index contributed by atoms with van der Waals surface area (Å²) < 4.78 is 37.5. The zero-order chi connectivity index (χ0) is 14.9. The molecule has 1 atom stereocenters. The summed E-state index contributed by atoms with van der Waals surface area (Å²) in [5, 5.41) is -0.299. The van der Waals surface area contributed by atoms with E-state index in [0.29, 0.717) is 18.1 Å². The average Bonchev–Trinajstić information content (AvgIpc) is 3.17. The molecule has 1 fully saturated rings. The Morgan fingerprint density at radius 2 is 2.05 bits per heavy atom. The first-order valence-electron chi connectivity index (χ1n) is 6.44. The van der Waals surface area contributed by atoms with E-state index < -0.39 is 10.0 Å². The van der Waals surface area contributed by atoms with E-state index in [4.69, 9.17) is 9.15 Å². The standard InChI is InChI=1S/C14H15NO4S2/c1-18-11-4-6-12(7-5-11)21(16,17)15-8-10-20-14(15)13-3-2-9-19-13/h2-7,9,14H,8,10H2,1H3/t14-/m1/s1. The van der Waals surface area contributed by atoms with Crippen molar-refractivity contribution in [2.75, 3.05) is 19.4 Å². The molecule has 0 unspecified atom stereocenters. The van der Waals surface area contributed by atoms with Crippen molar-refractivity contribution in [3.63, 3.8) is 0 Å². The lowest BCUT2D eigenvalue weighted by Crippen LogP contribution is -2.30. The van der Waals surface area contributed by atoms with E-state index in [2.05, 4.69) is 0 Å². The summed E-state index contributed by atoms with van der Waals surface area (Å²) in [6.07, 6.45) is 1.56. The van der Waals surface area contributed by atoms with Gasteiger partial charge in [0.1, 0.15) is 16.9 Å². The quantitative estimate of drug-likeness (QED) is 0.865. The minimum atomic E-state index is -3.54. The summed E-state index contributed by atoms with van der Waals surface area (Å²) in [4.78, 5) is 0.266. The molecule has 0 N–H and O–H groups in total. The van der Waals surface area contributed by atoms with Gasteiger partial charge in [0.2, 0.25) is 10.0 Å². The fraction of sp³-hybridized carbons (Fsp3) is 0.286. The molecular formula is C14H15NO4S2. The third-order valence-corrected chi connectivity index (χ3v) is 6.53. The van der Waals surface area contributed by atoms with E-state index >= 15 is 0 Å². The monoisotopic (exact) mass is 325 g/mol. The van der Waals surface area contributed by atoms with Crippen LogP contribution in [0.4, 0.5) is 0 Å². The lowest BCUT2D eigenvalue weighted by molar-refractivity contribution is 0.383. The molecule has 0 aliphatic carbocycles. The summed E-state index contributed by atoms with van der Waals surface area (Å²) in [5.74, 6) is 2.04. The van der Waals surface area contributed by atoms with Crippen molar-refractivity contribution in [3.05, 3.63) is 48.4 Å². The molecule has 2 aromatic rings. The number of benzene rings is 1. The van der Waals surface area contributed by atoms with E-state index in [9.17, 15) is 8.42 Å². The van der Waals surface area contributed by atoms with Gasteiger partial charge in [-0.1, -0.05) is 0 Å². The van der Waals surface area contributed by atoms with Gasteiger partial charge in [-0.25, -0.2) is 8.42 Å². The highest BCUT2D eigenvalue weighted by molar-refractivity contribution is 8.00. The van der Waals surface area contributed by atoms with E-state index in [1.807, 2.05) is 0 Å². The van der Waals surface area contributed by atoms with Crippen molar-refractivity contribution >= 4 is 21.8 Å². The van der Waals surface area contributed by atoms with Crippen molar-refractivity contribution in [1.82, 2.24) is 4.31 Å². The Morgan fingerprint density at radius 3 is 2.67 bits per heavy atom. The van der Waals surface area contributed by atoms with Gasteiger partial charge in [-0.2, -0.15) is 4.31 Å². The molecule has 1 saturated heterocycles. The number of sulfonamides is 1. The molecule has 1 aromatic carbocycles. The lowest BCUT2D eigenvalue weighted by Gasteiger charge is -2.21. The maximum atomic E-state index is 12.8. The summed E-state index contributed by atoms with van der Waals surface area (Å²) >= 11 is 1.57. The maximum absolute atomic E-state index is 12.8. The molecule has 21 heavy (non-hydrogen) atoms. The summed E-state index contributed by atoms with van der Waals surface area (Å²) in [7, 11) is -1.99. The first-order valence-corrected chi connectivity index (χ1v) is 8.93. The molecule has 0 saturated carbocycles. The van der Waals surface area contributed by atoms with Gasteiger partial charge in [0.05, 0.1) is 18.3 Å². The van der Waals surface area contributed by atoms with Crippen molar-refractivity contribution in [3.8, 4) is 5.75 Å². The Labute approximate surface area is 127 Å². The molecule has 0 spiro atoms. The maximum Gasteiger partial charge on any atom is 0.244 e. The number of thioether (sulfide) groups is 1. The molecule has 1 aromatic heterocycles. The number of hydrogen-bond acceptors (Lipinski definition) is 5. The highest BCUT2D eigenvalue weighted by Gasteiger charge is 2.38. The predicted octanol–water partition coefficient (Wildman–Crippen LogP) is 2.72. The van der Waals surface area contributed by atoms with Gasteiger partial charge in [-0.15, -0.1) is 11.8 Å². The number of furan rings is 1. The number of nitrogens with zero attached hydrogens (tertiary/aromatic N) is 1. The van der Waals surface area contributed by atoms with Gasteiger partial charge >= 0.3 is 0 Å². The molecule has 7 heteroatoms. The topological polar surface area (TPSA) is 59.8 Å². The molecule has 5 nitrogen and oxygen atoms in total. The minimum Gasteiger partial charge on any atom is -0.497 e. The second kappa shape index (κ2) is 5.75. The zero-order valence-corrected chi connectivity index (χ0v) is 13.1. The molecule has 0 radical (unpaired) electrons. The Hall–Kier alpha value is -1.44. The number of rotatable bonds is 4. The molecule has 1 aliphatic heterocycles. The van der Waals surface area contributed by atoms with Crippen LogP contribution in [0.2, 0.25) is 0 Å². The van der Waals surface area contributed by atoms with Gasteiger partial charge in [0.25, 0.3) is 0 Å². The molecular weight excluding hydrogens is 310 g/mol. The van der Waals surface area contributed by atoms with E-state index in [0.717, 1.165) is 5.75 Å². The number of methoxy groups -OCH3 is 1. The van der Waals surface area contributed by atoms with E-state index in [-0.39, 0.29) is 10.3 Å². The Balaban J connectivity index is 1.93. The largest absolute Gasteiger partial charge is 0.497 e. The van der Waals surface area contributed by atoms with Crippen LogP contribution in [0.3, 0.4) is 0 Å². The van der Waals surface area contributed by atoms with Gasteiger partial charge in [0.15, 0.2) is 0 Å². The van der Waals surface area contributed by atoms with Crippen LogP contribution in [0.25, 0.3) is 0 Å². The summed E-state index contributed by atoms with van der Waals surface area (Å²) in [6.45, 7) is 0.477. The average molecular weight is 325 g/mol. The Morgan fingerprint density at radius 1 is 1.29 bits per heavy atom. The zero-order valence-electron chi connectivity index (χ0n) is 11.4. The Kier molecular flexibility index (Phi) is 3.97. The van der Waals surface area contributed by atoms with Crippen molar-refractivity contribution in [1.29, 1.82) is 0 Å². The van der Waals surface area contributed by atoms with Gasteiger partial charge in [0, 0.05) is 12.3 Å². The summed E-state index contributed by atoms with van der Waals surface area (Å²) in [6, 6.07) is 10.0. The van der Waals surface area contributed by atoms with Crippen molar-refractivity contribution < 1.29 is 17.6 Å². The summed E-state index contributed by atoms with van der Waals surface area (Å²) in [5.41, 5.74) is 0. The van der Waals surface area contributed by atoms with Crippen LogP contribution >= 0.6 is 11.8 Å². The van der Waals surface area contributed by atoms with E-state index in [1.165, 1.54) is 4.31 Å². The van der Waals surface area contributed by atoms with E-state index in [1.54, 1.807) is 61.5 Å². The van der Waals surface area contributed by atoms with Crippen molar-refractivity contribution in [2.24, 2.45) is 0 Å². The van der Waals surface area contributed by atoms with Crippen LogP contribution in [0.1, 0.15) is 11.1 Å². The molecule has 3 rings (SSSR count). The van der Waals surface area contributed by atoms with Gasteiger partial charge < -0.3 is 9.15 Å². The third-order valence-electron chi connectivity index (χ3n) is 3.30. The highest BCUT2D eigenvalue weighted by Crippen LogP contribution is 2.41. The normalized spacial score (nSPS) is 19.8. The molecule has 2 heterocycles. The van der Waals surface area contributed by atoms with Crippen LogP contribution in [0.5, 0.6) is 5.75 Å². The molecule has 0 bridgehead atoms. The second-order valence-corrected chi connectivity index (χ2v) is 7.61. The third kappa shape index (κ3) is 2.68. The van der Waals surface area contributed by atoms with Gasteiger partial charge in [-0.05, 0) is 36.4 Å². The van der Waals surface area contributed by atoms with Crippen LogP contribution in [0.15, 0.2) is 52.0 Å². The van der Waals surface area contributed by atoms with Crippen LogP contribution in [-0.4, -0.2) is 32.1 Å². The fourth-order valence-corrected chi connectivity index (χ4v) is 5.41. The SMILES string of the molecule is COc1ccc(S(=O)(=O)N2CCS[C@@H]2c2ccco2)cc1. The first-order chi connectivity index (χ1) is 10.1. The second-order valence-electron chi connectivity index (χ2n) is 4.53. The van der Waals surface area contributed by atoms with Crippen molar-refractivity contribution in [2.45, 2.75) is 10.3 Å². The first kappa shape index (κ1) is 14.5. The smallest absolute Gasteiger partial charge is 0.244 e.